The van der Waals surface area contributed by atoms with E-state index < -0.39 is 0 Å². The molecule has 1 aliphatic rings. The van der Waals surface area contributed by atoms with Crippen LogP contribution in [0.4, 0.5) is 0 Å². The Hall–Kier alpha value is -0.820. The highest BCUT2D eigenvalue weighted by atomic mass is 14.8. The molecule has 1 nitrogen and oxygen atoms in total. The van der Waals surface area contributed by atoms with Gasteiger partial charge in [0.2, 0.25) is 0 Å². The van der Waals surface area contributed by atoms with Gasteiger partial charge in [-0.15, -0.1) is 0 Å². The summed E-state index contributed by atoms with van der Waals surface area (Å²) in [7, 11) is 0. The smallest absolute Gasteiger partial charge is 0.00461 e. The molecule has 1 aromatic rings. The second kappa shape index (κ2) is 5.32. The first-order valence-corrected chi connectivity index (χ1v) is 6.17. The minimum atomic E-state index is 0.856. The zero-order valence-electron chi connectivity index (χ0n) is 9.58. The van der Waals surface area contributed by atoms with Gasteiger partial charge in [0.15, 0.2) is 0 Å². The van der Waals surface area contributed by atoms with Gasteiger partial charge in [0, 0.05) is 0 Å². The largest absolute Gasteiger partial charge is 0.317 e. The molecule has 2 atom stereocenters. The van der Waals surface area contributed by atoms with Crippen molar-refractivity contribution in [3.05, 3.63) is 35.9 Å². The van der Waals surface area contributed by atoms with Crippen molar-refractivity contribution in [3.8, 4) is 0 Å². The van der Waals surface area contributed by atoms with E-state index in [2.05, 4.69) is 42.6 Å². The van der Waals surface area contributed by atoms with Gasteiger partial charge in [-0.2, -0.15) is 0 Å². The van der Waals surface area contributed by atoms with Gasteiger partial charge in [0.1, 0.15) is 0 Å². The topological polar surface area (TPSA) is 12.0 Å². The summed E-state index contributed by atoms with van der Waals surface area (Å²) >= 11 is 0. The molecule has 0 saturated heterocycles. The average molecular weight is 203 g/mol. The summed E-state index contributed by atoms with van der Waals surface area (Å²) in [6.45, 7) is 4.58. The second-order valence-corrected chi connectivity index (χ2v) is 4.55. The first-order valence-electron chi connectivity index (χ1n) is 6.17. The van der Waals surface area contributed by atoms with Crippen molar-refractivity contribution < 1.29 is 0 Å². The van der Waals surface area contributed by atoms with Crippen molar-refractivity contribution in [2.75, 3.05) is 13.1 Å². The summed E-state index contributed by atoms with van der Waals surface area (Å²) in [5, 5.41) is 3.48. The van der Waals surface area contributed by atoms with Gasteiger partial charge in [-0.1, -0.05) is 37.3 Å². The lowest BCUT2D eigenvalue weighted by atomic mass is 10.1. The summed E-state index contributed by atoms with van der Waals surface area (Å²) in [5.41, 5.74) is 1.54. The number of nitrogens with one attached hydrogen (secondary N) is 1. The van der Waals surface area contributed by atoms with Crippen LogP contribution in [0, 0.1) is 5.92 Å². The second-order valence-electron chi connectivity index (χ2n) is 4.55. The molecule has 0 radical (unpaired) electrons. The van der Waals surface area contributed by atoms with Crippen LogP contribution in [0.25, 0.3) is 0 Å². The molecule has 0 heterocycles. The van der Waals surface area contributed by atoms with Crippen LogP contribution in [0.3, 0.4) is 0 Å². The highest BCUT2D eigenvalue weighted by Crippen LogP contribution is 2.49. The number of rotatable bonds is 6. The normalized spacial score (nSPS) is 24.1. The Balaban J connectivity index is 1.68. The molecule has 0 spiro atoms. The predicted octanol–water partition coefficient (Wildman–Crippen LogP) is 3.18. The molecule has 1 saturated carbocycles. The van der Waals surface area contributed by atoms with Crippen LogP contribution in [0.1, 0.15) is 37.7 Å². The van der Waals surface area contributed by atoms with E-state index in [9.17, 15) is 0 Å². The zero-order valence-corrected chi connectivity index (χ0v) is 9.58. The average Bonchev–Trinajstić information content (AvgIpc) is 3.05. The van der Waals surface area contributed by atoms with Gasteiger partial charge >= 0.3 is 0 Å². The third-order valence-electron chi connectivity index (χ3n) is 3.27. The summed E-state index contributed by atoms with van der Waals surface area (Å²) < 4.78 is 0. The minimum absolute atomic E-state index is 0.856. The van der Waals surface area contributed by atoms with Crippen molar-refractivity contribution in [2.24, 2.45) is 5.92 Å². The maximum absolute atomic E-state index is 3.48. The molecule has 15 heavy (non-hydrogen) atoms. The van der Waals surface area contributed by atoms with Gasteiger partial charge in [-0.25, -0.2) is 0 Å². The molecule has 0 aliphatic heterocycles. The van der Waals surface area contributed by atoms with E-state index in [1.807, 2.05) is 0 Å². The number of benzene rings is 1. The summed E-state index contributed by atoms with van der Waals surface area (Å²) in [5.74, 6) is 1.80. The number of hydrogen-bond donors (Lipinski definition) is 1. The molecular formula is C14H21N. The first kappa shape index (κ1) is 10.7. The van der Waals surface area contributed by atoms with E-state index >= 15 is 0 Å². The fourth-order valence-electron chi connectivity index (χ4n) is 2.26. The molecule has 1 fully saturated rings. The van der Waals surface area contributed by atoms with Gasteiger partial charge in [-0.05, 0) is 49.8 Å². The van der Waals surface area contributed by atoms with Crippen molar-refractivity contribution in [1.29, 1.82) is 0 Å². The molecule has 2 unspecified atom stereocenters. The Morgan fingerprint density at radius 3 is 2.73 bits per heavy atom. The Morgan fingerprint density at radius 1 is 1.20 bits per heavy atom. The molecule has 0 aromatic heterocycles. The molecule has 1 heteroatoms. The quantitative estimate of drug-likeness (QED) is 0.700. The van der Waals surface area contributed by atoms with Crippen LogP contribution >= 0.6 is 0 Å². The van der Waals surface area contributed by atoms with E-state index in [1.165, 1.54) is 37.9 Å². The van der Waals surface area contributed by atoms with E-state index in [-0.39, 0.29) is 0 Å². The lowest BCUT2D eigenvalue weighted by Gasteiger charge is -2.02. The molecule has 0 amide bonds. The lowest BCUT2D eigenvalue weighted by molar-refractivity contribution is 0.599. The van der Waals surface area contributed by atoms with Crippen LogP contribution in [0.2, 0.25) is 0 Å². The van der Waals surface area contributed by atoms with Gasteiger partial charge in [0.05, 0.1) is 0 Å². The highest BCUT2D eigenvalue weighted by molar-refractivity contribution is 5.25. The van der Waals surface area contributed by atoms with Crippen molar-refractivity contribution >= 4 is 0 Å². The van der Waals surface area contributed by atoms with E-state index in [1.54, 1.807) is 0 Å². The van der Waals surface area contributed by atoms with Crippen LogP contribution < -0.4 is 5.32 Å². The van der Waals surface area contributed by atoms with Crippen LogP contribution in [0.15, 0.2) is 30.3 Å². The van der Waals surface area contributed by atoms with E-state index in [4.69, 9.17) is 0 Å². The predicted molar refractivity (Wildman–Crippen MR) is 65.1 cm³/mol. The van der Waals surface area contributed by atoms with Gasteiger partial charge in [-0.3, -0.25) is 0 Å². The molecule has 0 bridgehead atoms. The van der Waals surface area contributed by atoms with Crippen LogP contribution in [0.5, 0.6) is 0 Å². The Bertz CT molecular complexity index is 281. The minimum Gasteiger partial charge on any atom is -0.317 e. The Kier molecular flexibility index (Phi) is 3.79. The van der Waals surface area contributed by atoms with Gasteiger partial charge in [0.25, 0.3) is 0 Å². The SMILES string of the molecule is CCCNCCC1CC1c1ccccc1. The summed E-state index contributed by atoms with van der Waals surface area (Å²) in [6.07, 6.45) is 3.99. The van der Waals surface area contributed by atoms with Crippen LogP contribution in [-0.2, 0) is 0 Å². The fraction of sp³-hybridized carbons (Fsp3) is 0.571. The summed E-state index contributed by atoms with van der Waals surface area (Å²) in [4.78, 5) is 0. The maximum atomic E-state index is 3.48. The first-order chi connectivity index (χ1) is 7.42. The molecule has 2 rings (SSSR count). The lowest BCUT2D eigenvalue weighted by Crippen LogP contribution is -2.16. The Morgan fingerprint density at radius 2 is 2.00 bits per heavy atom. The Labute approximate surface area is 92.9 Å². The zero-order chi connectivity index (χ0) is 10.5. The monoisotopic (exact) mass is 203 g/mol. The molecular weight excluding hydrogens is 182 g/mol. The summed E-state index contributed by atoms with van der Waals surface area (Å²) in [6, 6.07) is 10.9. The van der Waals surface area contributed by atoms with Crippen molar-refractivity contribution in [1.82, 2.24) is 5.32 Å². The van der Waals surface area contributed by atoms with E-state index in [0.717, 1.165) is 11.8 Å². The molecule has 1 aromatic carbocycles. The van der Waals surface area contributed by atoms with Crippen molar-refractivity contribution in [3.63, 3.8) is 0 Å². The van der Waals surface area contributed by atoms with Crippen molar-refractivity contribution in [2.45, 2.75) is 32.1 Å². The third kappa shape index (κ3) is 3.07. The molecule has 1 aliphatic carbocycles. The molecule has 82 valence electrons. The number of hydrogen-bond acceptors (Lipinski definition) is 1. The standard InChI is InChI=1S/C14H21N/c1-2-9-15-10-8-13-11-14(13)12-6-4-3-5-7-12/h3-7,13-15H,2,8-11H2,1H3. The van der Waals surface area contributed by atoms with Crippen LogP contribution in [-0.4, -0.2) is 13.1 Å². The fourth-order valence-corrected chi connectivity index (χ4v) is 2.26. The third-order valence-corrected chi connectivity index (χ3v) is 3.27. The molecule has 1 N–H and O–H groups in total. The van der Waals surface area contributed by atoms with Gasteiger partial charge < -0.3 is 5.32 Å². The highest BCUT2D eigenvalue weighted by Gasteiger charge is 2.37. The van der Waals surface area contributed by atoms with E-state index in [0.29, 0.717) is 0 Å². The maximum Gasteiger partial charge on any atom is -0.00461 e.